The summed E-state index contributed by atoms with van der Waals surface area (Å²) in [6.07, 6.45) is 3.20. The third kappa shape index (κ3) is 2.22. The number of aliphatic hydroxyl groups excluding tert-OH is 1. The monoisotopic (exact) mass is 163 g/mol. The van der Waals surface area contributed by atoms with Gasteiger partial charge < -0.3 is 10.4 Å². The van der Waals surface area contributed by atoms with Crippen LogP contribution >= 0.6 is 0 Å². The summed E-state index contributed by atoms with van der Waals surface area (Å²) in [5.74, 6) is 5.76. The lowest BCUT2D eigenvalue weighted by Crippen LogP contribution is -1.95. The zero-order valence-corrected chi connectivity index (χ0v) is 6.70. The number of hydrogen-bond acceptors (Lipinski definition) is 4. The van der Waals surface area contributed by atoms with Crippen LogP contribution in [0.4, 0.5) is 5.95 Å². The summed E-state index contributed by atoms with van der Waals surface area (Å²) in [4.78, 5) is 7.89. The summed E-state index contributed by atoms with van der Waals surface area (Å²) < 4.78 is 0. The van der Waals surface area contributed by atoms with Gasteiger partial charge in [0.25, 0.3) is 0 Å². The van der Waals surface area contributed by atoms with E-state index in [0.717, 1.165) is 0 Å². The minimum absolute atomic E-state index is 0.145. The molecule has 2 N–H and O–H groups in total. The first kappa shape index (κ1) is 8.50. The molecule has 0 bridgehead atoms. The molecule has 62 valence electrons. The molecule has 4 nitrogen and oxygen atoms in total. The van der Waals surface area contributed by atoms with Gasteiger partial charge in [-0.05, 0) is 0 Å². The molecule has 1 rings (SSSR count). The van der Waals surface area contributed by atoms with Gasteiger partial charge in [-0.25, -0.2) is 9.97 Å². The van der Waals surface area contributed by atoms with Gasteiger partial charge in [0, 0.05) is 19.4 Å². The van der Waals surface area contributed by atoms with Crippen LogP contribution in [0.1, 0.15) is 5.56 Å². The lowest BCUT2D eigenvalue weighted by atomic mass is 10.3. The quantitative estimate of drug-likeness (QED) is 0.566. The molecule has 0 aromatic carbocycles. The standard InChI is InChI=1S/C8H9N3O/c1-9-8-10-5-7(6-11-8)3-2-4-12/h5-6,12H,4H2,1H3,(H,9,10,11). The largest absolute Gasteiger partial charge is 0.384 e. The Hall–Kier alpha value is -1.60. The third-order valence-corrected chi connectivity index (χ3v) is 1.19. The van der Waals surface area contributed by atoms with Gasteiger partial charge >= 0.3 is 0 Å². The molecule has 0 aliphatic heterocycles. The minimum atomic E-state index is -0.145. The van der Waals surface area contributed by atoms with Gasteiger partial charge in [-0.1, -0.05) is 11.8 Å². The van der Waals surface area contributed by atoms with E-state index >= 15 is 0 Å². The van der Waals surface area contributed by atoms with E-state index in [9.17, 15) is 0 Å². The smallest absolute Gasteiger partial charge is 0.222 e. The Labute approximate surface area is 70.7 Å². The van der Waals surface area contributed by atoms with E-state index in [1.807, 2.05) is 0 Å². The molecule has 0 fully saturated rings. The van der Waals surface area contributed by atoms with E-state index < -0.39 is 0 Å². The predicted octanol–water partition coefficient (Wildman–Crippen LogP) is -0.138. The SMILES string of the molecule is CNc1ncc(C#CCO)cn1. The molecule has 1 aromatic heterocycles. The highest BCUT2D eigenvalue weighted by Gasteiger charge is 1.90. The van der Waals surface area contributed by atoms with Gasteiger partial charge in [-0.3, -0.25) is 0 Å². The number of aromatic nitrogens is 2. The fraction of sp³-hybridized carbons (Fsp3) is 0.250. The fourth-order valence-electron chi connectivity index (χ4n) is 0.663. The zero-order valence-electron chi connectivity index (χ0n) is 6.70. The summed E-state index contributed by atoms with van der Waals surface area (Å²) in [6, 6.07) is 0. The first-order chi connectivity index (χ1) is 5.86. The molecule has 4 heteroatoms. The van der Waals surface area contributed by atoms with Crippen molar-refractivity contribution in [2.75, 3.05) is 19.0 Å². The highest BCUT2D eigenvalue weighted by Crippen LogP contribution is 1.96. The average Bonchev–Trinajstić information content (AvgIpc) is 2.15. The lowest BCUT2D eigenvalue weighted by Gasteiger charge is -1.94. The molecule has 0 saturated heterocycles. The topological polar surface area (TPSA) is 58.0 Å². The average molecular weight is 163 g/mol. The molecule has 0 aliphatic carbocycles. The summed E-state index contributed by atoms with van der Waals surface area (Å²) in [6.45, 7) is -0.145. The van der Waals surface area contributed by atoms with E-state index in [-0.39, 0.29) is 6.61 Å². The Morgan fingerprint density at radius 2 is 2.17 bits per heavy atom. The van der Waals surface area contributed by atoms with Crippen LogP contribution in [0.3, 0.4) is 0 Å². The van der Waals surface area contributed by atoms with E-state index in [1.54, 1.807) is 19.4 Å². The normalized spacial score (nSPS) is 8.50. The first-order valence-corrected chi connectivity index (χ1v) is 3.46. The van der Waals surface area contributed by atoms with E-state index in [4.69, 9.17) is 5.11 Å². The van der Waals surface area contributed by atoms with Crippen LogP contribution in [-0.2, 0) is 0 Å². The second-order valence-electron chi connectivity index (χ2n) is 2.01. The zero-order chi connectivity index (χ0) is 8.81. The minimum Gasteiger partial charge on any atom is -0.384 e. The molecule has 0 unspecified atom stereocenters. The molecule has 0 atom stereocenters. The molecule has 0 aliphatic rings. The molecule has 1 heterocycles. The van der Waals surface area contributed by atoms with Gasteiger partial charge in [0.2, 0.25) is 5.95 Å². The molecule has 12 heavy (non-hydrogen) atoms. The van der Waals surface area contributed by atoms with Crippen molar-refractivity contribution in [1.82, 2.24) is 9.97 Å². The Morgan fingerprint density at radius 3 is 2.67 bits per heavy atom. The number of hydrogen-bond donors (Lipinski definition) is 2. The summed E-state index contributed by atoms with van der Waals surface area (Å²) in [5.41, 5.74) is 0.697. The van der Waals surface area contributed by atoms with Crippen molar-refractivity contribution < 1.29 is 5.11 Å². The first-order valence-electron chi connectivity index (χ1n) is 3.46. The number of rotatable bonds is 1. The van der Waals surface area contributed by atoms with Crippen LogP contribution in [0, 0.1) is 11.8 Å². The Bertz CT molecular complexity index is 296. The van der Waals surface area contributed by atoms with Gasteiger partial charge in [0.05, 0.1) is 5.56 Å². The highest BCUT2D eigenvalue weighted by molar-refractivity contribution is 5.33. The van der Waals surface area contributed by atoms with Crippen molar-refractivity contribution in [2.24, 2.45) is 0 Å². The lowest BCUT2D eigenvalue weighted by molar-refractivity contribution is 0.350. The summed E-state index contributed by atoms with van der Waals surface area (Å²) in [7, 11) is 1.74. The van der Waals surface area contributed by atoms with Crippen LogP contribution in [0.5, 0.6) is 0 Å². The number of nitrogens with zero attached hydrogens (tertiary/aromatic N) is 2. The molecule has 0 amide bonds. The maximum Gasteiger partial charge on any atom is 0.222 e. The van der Waals surface area contributed by atoms with Crippen LogP contribution in [-0.4, -0.2) is 28.7 Å². The van der Waals surface area contributed by atoms with Crippen molar-refractivity contribution in [3.63, 3.8) is 0 Å². The molecule has 0 radical (unpaired) electrons. The molecule has 0 saturated carbocycles. The van der Waals surface area contributed by atoms with E-state index in [2.05, 4.69) is 27.1 Å². The fourth-order valence-corrected chi connectivity index (χ4v) is 0.663. The van der Waals surface area contributed by atoms with E-state index in [0.29, 0.717) is 11.5 Å². The van der Waals surface area contributed by atoms with Gasteiger partial charge in [0.1, 0.15) is 6.61 Å². The van der Waals surface area contributed by atoms with Gasteiger partial charge in [0.15, 0.2) is 0 Å². The second kappa shape index (κ2) is 4.31. The Morgan fingerprint density at radius 1 is 1.50 bits per heavy atom. The molecule has 0 spiro atoms. The van der Waals surface area contributed by atoms with Crippen molar-refractivity contribution in [3.05, 3.63) is 18.0 Å². The predicted molar refractivity (Wildman–Crippen MR) is 45.5 cm³/mol. The highest BCUT2D eigenvalue weighted by atomic mass is 16.2. The summed E-state index contributed by atoms with van der Waals surface area (Å²) in [5, 5.41) is 11.2. The van der Waals surface area contributed by atoms with Crippen LogP contribution < -0.4 is 5.32 Å². The number of aliphatic hydroxyl groups is 1. The number of anilines is 1. The van der Waals surface area contributed by atoms with Crippen molar-refractivity contribution in [3.8, 4) is 11.8 Å². The molecular formula is C8H9N3O. The second-order valence-corrected chi connectivity index (χ2v) is 2.01. The maximum atomic E-state index is 8.40. The Kier molecular flexibility index (Phi) is 3.05. The van der Waals surface area contributed by atoms with Crippen molar-refractivity contribution in [2.45, 2.75) is 0 Å². The van der Waals surface area contributed by atoms with E-state index in [1.165, 1.54) is 0 Å². The van der Waals surface area contributed by atoms with Crippen LogP contribution in [0.25, 0.3) is 0 Å². The van der Waals surface area contributed by atoms with Gasteiger partial charge in [-0.2, -0.15) is 0 Å². The van der Waals surface area contributed by atoms with Crippen LogP contribution in [0.2, 0.25) is 0 Å². The Balaban J connectivity index is 2.78. The van der Waals surface area contributed by atoms with Crippen molar-refractivity contribution >= 4 is 5.95 Å². The number of nitrogens with one attached hydrogen (secondary N) is 1. The molecule has 1 aromatic rings. The van der Waals surface area contributed by atoms with Gasteiger partial charge in [-0.15, -0.1) is 0 Å². The van der Waals surface area contributed by atoms with Crippen LogP contribution in [0.15, 0.2) is 12.4 Å². The molecular weight excluding hydrogens is 154 g/mol. The third-order valence-electron chi connectivity index (χ3n) is 1.19. The van der Waals surface area contributed by atoms with Crippen molar-refractivity contribution in [1.29, 1.82) is 0 Å². The maximum absolute atomic E-state index is 8.40. The summed E-state index contributed by atoms with van der Waals surface area (Å²) >= 11 is 0.